The molecule has 0 saturated carbocycles. The summed E-state index contributed by atoms with van der Waals surface area (Å²) in [6.07, 6.45) is 8.51. The third-order valence-corrected chi connectivity index (χ3v) is 4.71. The Hall–Kier alpha value is -2.25. The summed E-state index contributed by atoms with van der Waals surface area (Å²) in [5.74, 6) is 3.24. The second-order valence-corrected chi connectivity index (χ2v) is 5.96. The summed E-state index contributed by atoms with van der Waals surface area (Å²) in [5.41, 5.74) is 2.43. The molecule has 2 fully saturated rings. The van der Waals surface area contributed by atoms with E-state index >= 15 is 0 Å². The third kappa shape index (κ3) is 2.01. The van der Waals surface area contributed by atoms with Crippen LogP contribution in [0.1, 0.15) is 22.5 Å². The van der Waals surface area contributed by atoms with Gasteiger partial charge in [0.05, 0.1) is 11.3 Å². The zero-order chi connectivity index (χ0) is 14.4. The lowest BCUT2D eigenvalue weighted by atomic mass is 10.00. The van der Waals surface area contributed by atoms with Crippen LogP contribution in [0.15, 0.2) is 30.5 Å². The van der Waals surface area contributed by atoms with Gasteiger partial charge in [0.2, 0.25) is 0 Å². The number of nitrogens with zero attached hydrogens (tertiary/aromatic N) is 2. The number of rotatable bonds is 2. The Labute approximate surface area is 123 Å². The first-order valence-corrected chi connectivity index (χ1v) is 7.35. The van der Waals surface area contributed by atoms with Crippen molar-refractivity contribution in [2.45, 2.75) is 12.5 Å². The van der Waals surface area contributed by atoms with Crippen LogP contribution in [0.5, 0.6) is 0 Å². The van der Waals surface area contributed by atoms with Crippen LogP contribution in [0.25, 0.3) is 5.52 Å². The van der Waals surface area contributed by atoms with Crippen molar-refractivity contribution in [3.05, 3.63) is 41.7 Å². The Balaban J connectivity index is 1.58. The molecule has 2 aromatic rings. The maximum atomic E-state index is 12.4. The lowest BCUT2D eigenvalue weighted by Gasteiger charge is -2.23. The van der Waals surface area contributed by atoms with Gasteiger partial charge < -0.3 is 14.6 Å². The molecular formula is C17H17N3O. The molecule has 2 saturated heterocycles. The van der Waals surface area contributed by atoms with E-state index in [1.165, 1.54) is 13.0 Å². The highest BCUT2D eigenvalue weighted by Crippen LogP contribution is 2.27. The minimum absolute atomic E-state index is 0.00711. The van der Waals surface area contributed by atoms with Gasteiger partial charge in [-0.1, -0.05) is 5.92 Å². The zero-order valence-corrected chi connectivity index (χ0v) is 11.7. The first-order chi connectivity index (χ1) is 10.2. The monoisotopic (exact) mass is 279 g/mol. The van der Waals surface area contributed by atoms with Crippen LogP contribution in [-0.2, 0) is 0 Å². The zero-order valence-electron chi connectivity index (χ0n) is 11.7. The molecule has 4 rings (SSSR count). The minimum Gasteiger partial charge on any atom is -0.348 e. The fourth-order valence-electron chi connectivity index (χ4n) is 3.55. The Morgan fingerprint density at radius 3 is 2.86 bits per heavy atom. The number of amides is 1. The maximum absolute atomic E-state index is 12.4. The molecule has 21 heavy (non-hydrogen) atoms. The molecule has 0 aromatic carbocycles. The lowest BCUT2D eigenvalue weighted by Crippen LogP contribution is -2.43. The van der Waals surface area contributed by atoms with E-state index in [9.17, 15) is 4.79 Å². The summed E-state index contributed by atoms with van der Waals surface area (Å²) in [6.45, 7) is 3.29. The average molecular weight is 279 g/mol. The normalized spacial score (nSPS) is 26.9. The number of terminal acetylenes is 1. The van der Waals surface area contributed by atoms with E-state index in [0.717, 1.165) is 24.3 Å². The van der Waals surface area contributed by atoms with Crippen LogP contribution in [0.3, 0.4) is 0 Å². The first kappa shape index (κ1) is 12.5. The predicted molar refractivity (Wildman–Crippen MR) is 81.1 cm³/mol. The molecule has 106 valence electrons. The van der Waals surface area contributed by atoms with Crippen molar-refractivity contribution < 1.29 is 4.79 Å². The van der Waals surface area contributed by atoms with Crippen molar-refractivity contribution in [3.63, 3.8) is 0 Å². The molecule has 0 radical (unpaired) electrons. The summed E-state index contributed by atoms with van der Waals surface area (Å²) in [5, 5.41) is 3.18. The van der Waals surface area contributed by atoms with Gasteiger partial charge in [0.1, 0.15) is 0 Å². The fraction of sp³-hybridized carbons (Fsp3) is 0.353. The van der Waals surface area contributed by atoms with Crippen LogP contribution < -0.4 is 5.32 Å². The van der Waals surface area contributed by atoms with Crippen LogP contribution in [0, 0.1) is 18.3 Å². The number of piperidine rings is 1. The van der Waals surface area contributed by atoms with Gasteiger partial charge in [0.25, 0.3) is 5.91 Å². The summed E-state index contributed by atoms with van der Waals surface area (Å²) in [4.78, 5) is 14.9. The van der Waals surface area contributed by atoms with E-state index in [-0.39, 0.29) is 5.91 Å². The molecule has 1 N–H and O–H groups in total. The van der Waals surface area contributed by atoms with Crippen LogP contribution >= 0.6 is 0 Å². The number of hydrogen-bond acceptors (Lipinski definition) is 2. The molecule has 2 bridgehead atoms. The van der Waals surface area contributed by atoms with Crippen LogP contribution in [0.4, 0.5) is 0 Å². The van der Waals surface area contributed by atoms with Crippen LogP contribution in [0.2, 0.25) is 0 Å². The predicted octanol–water partition coefficient (Wildman–Crippen LogP) is 1.35. The highest BCUT2D eigenvalue weighted by molar-refractivity contribution is 5.94. The average Bonchev–Trinajstić information content (AvgIpc) is 3.21. The number of fused-ring (bicyclic) bond motifs is 3. The number of carbonyl (C=O) groups excluding carboxylic acids is 1. The summed E-state index contributed by atoms with van der Waals surface area (Å²) < 4.78 is 1.89. The van der Waals surface area contributed by atoms with Crippen molar-refractivity contribution in [2.24, 2.45) is 5.92 Å². The summed E-state index contributed by atoms with van der Waals surface area (Å²) in [6, 6.07) is 7.93. The number of pyridine rings is 1. The molecule has 2 aromatic heterocycles. The van der Waals surface area contributed by atoms with E-state index in [1.807, 2.05) is 34.9 Å². The van der Waals surface area contributed by atoms with Crippen molar-refractivity contribution in [1.82, 2.24) is 14.6 Å². The van der Waals surface area contributed by atoms with Gasteiger partial charge in [-0.05, 0) is 43.1 Å². The molecule has 0 spiro atoms. The van der Waals surface area contributed by atoms with Gasteiger partial charge >= 0.3 is 0 Å². The van der Waals surface area contributed by atoms with Gasteiger partial charge in [-0.15, -0.1) is 6.42 Å². The second kappa shape index (κ2) is 4.64. The van der Waals surface area contributed by atoms with Gasteiger partial charge in [0.15, 0.2) is 0 Å². The van der Waals surface area contributed by atoms with Crippen molar-refractivity contribution in [1.29, 1.82) is 0 Å². The van der Waals surface area contributed by atoms with E-state index < -0.39 is 0 Å². The molecule has 3 atom stereocenters. The maximum Gasteiger partial charge on any atom is 0.253 e. The molecule has 2 aliphatic heterocycles. The Morgan fingerprint density at radius 1 is 1.29 bits per heavy atom. The van der Waals surface area contributed by atoms with E-state index in [1.54, 1.807) is 0 Å². The van der Waals surface area contributed by atoms with Crippen molar-refractivity contribution in [3.8, 4) is 12.3 Å². The molecule has 1 amide bonds. The Kier molecular flexibility index (Phi) is 2.76. The topological polar surface area (TPSA) is 36.8 Å². The molecular weight excluding hydrogens is 262 g/mol. The molecule has 0 aliphatic carbocycles. The van der Waals surface area contributed by atoms with Crippen molar-refractivity contribution in [2.75, 3.05) is 19.6 Å². The summed E-state index contributed by atoms with van der Waals surface area (Å²) >= 11 is 0. The molecule has 4 heterocycles. The molecule has 3 unspecified atom stereocenters. The van der Waals surface area contributed by atoms with Gasteiger partial charge in [0, 0.05) is 30.8 Å². The molecule has 4 heteroatoms. The van der Waals surface area contributed by atoms with Crippen molar-refractivity contribution >= 4 is 11.4 Å². The summed E-state index contributed by atoms with van der Waals surface area (Å²) in [7, 11) is 0. The largest absolute Gasteiger partial charge is 0.348 e. The fourth-order valence-corrected chi connectivity index (χ4v) is 3.55. The van der Waals surface area contributed by atoms with Gasteiger partial charge in [-0.3, -0.25) is 4.79 Å². The second-order valence-electron chi connectivity index (χ2n) is 5.96. The standard InChI is InChI=1S/C17H17N3O/c1-2-14-5-6-15-4-3-13(10-20(14)15)17(21)18-16-11-19-8-7-12(16)9-19/h1,3-6,10,12,16H,7-9,11H2,(H,18,21). The molecule has 4 nitrogen and oxygen atoms in total. The number of aromatic nitrogens is 1. The quantitative estimate of drug-likeness (QED) is 0.843. The highest BCUT2D eigenvalue weighted by atomic mass is 16.1. The lowest BCUT2D eigenvalue weighted by molar-refractivity contribution is 0.0924. The van der Waals surface area contributed by atoms with Gasteiger partial charge in [-0.25, -0.2) is 0 Å². The first-order valence-electron chi connectivity index (χ1n) is 7.35. The number of nitrogens with one attached hydrogen (secondary N) is 1. The van der Waals surface area contributed by atoms with E-state index in [0.29, 0.717) is 17.5 Å². The number of carbonyl (C=O) groups is 1. The minimum atomic E-state index is -0.00711. The Morgan fingerprint density at radius 2 is 2.14 bits per heavy atom. The van der Waals surface area contributed by atoms with Gasteiger partial charge in [-0.2, -0.15) is 0 Å². The van der Waals surface area contributed by atoms with E-state index in [2.05, 4.69) is 16.1 Å². The SMILES string of the molecule is C#Cc1ccc2ccc(C(=O)NC3CN4CCC3C4)cn12. The Bertz CT molecular complexity index is 755. The van der Waals surface area contributed by atoms with Crippen LogP contribution in [-0.4, -0.2) is 40.9 Å². The third-order valence-electron chi connectivity index (χ3n) is 4.71. The highest BCUT2D eigenvalue weighted by Gasteiger charge is 2.38. The molecule has 2 aliphatic rings. The van der Waals surface area contributed by atoms with E-state index in [4.69, 9.17) is 6.42 Å². The number of hydrogen-bond donors (Lipinski definition) is 1. The smallest absolute Gasteiger partial charge is 0.253 e.